The monoisotopic (exact) mass is 417 g/mol. The molecule has 1 aromatic carbocycles. The first kappa shape index (κ1) is 20.2. The van der Waals surface area contributed by atoms with Gasteiger partial charge in [0, 0.05) is 38.2 Å². The number of carbonyl (C=O) groups excluding carboxylic acids is 1. The van der Waals surface area contributed by atoms with Crippen molar-refractivity contribution in [3.63, 3.8) is 0 Å². The molecule has 6 nitrogen and oxygen atoms in total. The van der Waals surface area contributed by atoms with Gasteiger partial charge >= 0.3 is 0 Å². The number of benzene rings is 1. The number of likely N-dealkylation sites (tertiary alicyclic amines) is 1. The Kier molecular flexibility index (Phi) is 5.26. The van der Waals surface area contributed by atoms with Gasteiger partial charge in [0.2, 0.25) is 5.91 Å². The van der Waals surface area contributed by atoms with E-state index < -0.39 is 0 Å². The quantitative estimate of drug-likeness (QED) is 0.669. The number of amides is 1. The highest BCUT2D eigenvalue weighted by Gasteiger charge is 2.58. The molecule has 162 valence electrons. The number of hydrogen-bond acceptors (Lipinski definition) is 4. The fourth-order valence-corrected chi connectivity index (χ4v) is 5.18. The predicted octanol–water partition coefficient (Wildman–Crippen LogP) is 3.24. The summed E-state index contributed by atoms with van der Waals surface area (Å²) in [6.07, 6.45) is 4.03. The third kappa shape index (κ3) is 4.09. The van der Waals surface area contributed by atoms with Gasteiger partial charge in [-0.2, -0.15) is 0 Å². The van der Waals surface area contributed by atoms with Crippen molar-refractivity contribution in [2.75, 3.05) is 19.6 Å². The highest BCUT2D eigenvalue weighted by atomic mass is 16.2. The van der Waals surface area contributed by atoms with E-state index in [1.54, 1.807) is 0 Å². The third-order valence-electron chi connectivity index (χ3n) is 7.22. The number of fused-ring (bicyclic) bond motifs is 1. The van der Waals surface area contributed by atoms with Gasteiger partial charge in [0.1, 0.15) is 5.82 Å². The molecule has 0 unspecified atom stereocenters. The first-order valence-corrected chi connectivity index (χ1v) is 11.4. The summed E-state index contributed by atoms with van der Waals surface area (Å²) in [6, 6.07) is 14.4. The van der Waals surface area contributed by atoms with Gasteiger partial charge in [-0.1, -0.05) is 18.2 Å². The fourth-order valence-electron chi connectivity index (χ4n) is 5.18. The Balaban J connectivity index is 1.09. The Morgan fingerprint density at radius 3 is 2.71 bits per heavy atom. The molecule has 3 aromatic rings. The van der Waals surface area contributed by atoms with E-state index in [1.807, 2.05) is 38.2 Å². The standard InChI is InChI=1S/C25H31N5O/c1-18-6-5-7-19(27-18)17-30-14-11-25(12-15-30)16-20(25)24(31)26-13-10-23-28-21-8-3-4-9-22(21)29(23)2/h3-9,20H,10-17H2,1-2H3,(H,26,31)/t20-/m1/s1. The van der Waals surface area contributed by atoms with E-state index >= 15 is 0 Å². The van der Waals surface area contributed by atoms with Crippen molar-refractivity contribution in [3.05, 3.63) is 59.7 Å². The van der Waals surface area contributed by atoms with Crippen LogP contribution in [-0.4, -0.2) is 45.0 Å². The molecule has 1 spiro atoms. The van der Waals surface area contributed by atoms with Crippen LogP contribution in [-0.2, 0) is 24.8 Å². The molecule has 2 aromatic heterocycles. The molecule has 0 bridgehead atoms. The summed E-state index contributed by atoms with van der Waals surface area (Å²) in [4.78, 5) is 24.6. The van der Waals surface area contributed by atoms with Gasteiger partial charge in [0.05, 0.1) is 16.7 Å². The first-order chi connectivity index (χ1) is 15.0. The molecular weight excluding hydrogens is 386 g/mol. The number of pyridine rings is 1. The summed E-state index contributed by atoms with van der Waals surface area (Å²) in [6.45, 7) is 5.71. The Bertz CT molecular complexity index is 1100. The third-order valence-corrected chi connectivity index (χ3v) is 7.22. The van der Waals surface area contributed by atoms with E-state index in [4.69, 9.17) is 4.98 Å². The van der Waals surface area contributed by atoms with Crippen LogP contribution in [0, 0.1) is 18.3 Å². The first-order valence-electron chi connectivity index (χ1n) is 11.4. The maximum Gasteiger partial charge on any atom is 0.223 e. The largest absolute Gasteiger partial charge is 0.355 e. The summed E-state index contributed by atoms with van der Waals surface area (Å²) in [5.41, 5.74) is 4.60. The number of piperidine rings is 1. The lowest BCUT2D eigenvalue weighted by Gasteiger charge is -2.32. The molecule has 1 atom stereocenters. The zero-order chi connectivity index (χ0) is 21.4. The minimum absolute atomic E-state index is 0.187. The molecule has 1 amide bonds. The van der Waals surface area contributed by atoms with Crippen molar-refractivity contribution in [1.82, 2.24) is 24.8 Å². The molecule has 5 rings (SSSR count). The maximum absolute atomic E-state index is 12.8. The maximum atomic E-state index is 12.8. The Labute approximate surface area is 183 Å². The molecule has 2 fully saturated rings. The van der Waals surface area contributed by atoms with Crippen LogP contribution in [0.25, 0.3) is 11.0 Å². The topological polar surface area (TPSA) is 63.1 Å². The molecule has 1 saturated heterocycles. The predicted molar refractivity (Wildman–Crippen MR) is 121 cm³/mol. The van der Waals surface area contributed by atoms with Crippen molar-refractivity contribution in [1.29, 1.82) is 0 Å². The molecule has 2 aliphatic rings. The van der Waals surface area contributed by atoms with Gasteiger partial charge < -0.3 is 9.88 Å². The summed E-state index contributed by atoms with van der Waals surface area (Å²) in [5, 5.41) is 3.18. The second-order valence-electron chi connectivity index (χ2n) is 9.28. The number of hydrogen-bond donors (Lipinski definition) is 1. The second kappa shape index (κ2) is 8.08. The van der Waals surface area contributed by atoms with Gasteiger partial charge in [-0.25, -0.2) is 4.98 Å². The van der Waals surface area contributed by atoms with Gasteiger partial charge in [-0.3, -0.25) is 14.7 Å². The van der Waals surface area contributed by atoms with Crippen LogP contribution >= 0.6 is 0 Å². The van der Waals surface area contributed by atoms with E-state index in [0.717, 1.165) is 73.6 Å². The Hall–Kier alpha value is -2.73. The average molecular weight is 418 g/mol. The number of imidazole rings is 1. The van der Waals surface area contributed by atoms with Crippen LogP contribution in [0.2, 0.25) is 0 Å². The smallest absolute Gasteiger partial charge is 0.223 e. The second-order valence-corrected chi connectivity index (χ2v) is 9.28. The van der Waals surface area contributed by atoms with Crippen LogP contribution in [0.3, 0.4) is 0 Å². The lowest BCUT2D eigenvalue weighted by molar-refractivity contribution is -0.123. The number of nitrogens with zero attached hydrogens (tertiary/aromatic N) is 4. The van der Waals surface area contributed by atoms with Gasteiger partial charge in [-0.15, -0.1) is 0 Å². The van der Waals surface area contributed by atoms with Crippen molar-refractivity contribution in [2.45, 2.75) is 39.2 Å². The van der Waals surface area contributed by atoms with Crippen LogP contribution in [0.4, 0.5) is 0 Å². The Morgan fingerprint density at radius 2 is 1.94 bits per heavy atom. The van der Waals surface area contributed by atoms with E-state index in [-0.39, 0.29) is 17.2 Å². The molecule has 1 N–H and O–H groups in total. The molecule has 31 heavy (non-hydrogen) atoms. The lowest BCUT2D eigenvalue weighted by Crippen LogP contribution is -2.37. The fraction of sp³-hybridized carbons (Fsp3) is 0.480. The van der Waals surface area contributed by atoms with Gasteiger partial charge in [0.25, 0.3) is 0 Å². The van der Waals surface area contributed by atoms with Gasteiger partial charge in [0.15, 0.2) is 0 Å². The minimum atomic E-state index is 0.187. The molecule has 3 heterocycles. The zero-order valence-corrected chi connectivity index (χ0v) is 18.5. The molecule has 1 aliphatic carbocycles. The Morgan fingerprint density at radius 1 is 1.13 bits per heavy atom. The summed E-state index contributed by atoms with van der Waals surface area (Å²) in [5.74, 6) is 1.44. The number of aryl methyl sites for hydroxylation is 2. The summed E-state index contributed by atoms with van der Waals surface area (Å²) in [7, 11) is 2.04. The van der Waals surface area contributed by atoms with E-state index in [0.29, 0.717) is 6.54 Å². The molecule has 1 aliphatic heterocycles. The zero-order valence-electron chi connectivity index (χ0n) is 18.5. The van der Waals surface area contributed by atoms with Crippen molar-refractivity contribution >= 4 is 16.9 Å². The highest BCUT2D eigenvalue weighted by molar-refractivity contribution is 5.82. The molecular formula is C25H31N5O. The van der Waals surface area contributed by atoms with Crippen molar-refractivity contribution < 1.29 is 4.79 Å². The van der Waals surface area contributed by atoms with Crippen LogP contribution in [0.15, 0.2) is 42.5 Å². The SMILES string of the molecule is Cc1cccc(CN2CCC3(CC2)C[C@@H]3C(=O)NCCc2nc3ccccc3n2C)n1. The van der Waals surface area contributed by atoms with Crippen molar-refractivity contribution in [2.24, 2.45) is 18.4 Å². The number of carbonyl (C=O) groups is 1. The van der Waals surface area contributed by atoms with Gasteiger partial charge in [-0.05, 0) is 69.0 Å². The van der Waals surface area contributed by atoms with E-state index in [9.17, 15) is 4.79 Å². The van der Waals surface area contributed by atoms with E-state index in [2.05, 4.69) is 38.0 Å². The lowest BCUT2D eigenvalue weighted by atomic mass is 9.90. The normalized spacial score (nSPS) is 20.3. The van der Waals surface area contributed by atoms with Crippen LogP contribution < -0.4 is 5.32 Å². The molecule has 0 radical (unpaired) electrons. The number of rotatable bonds is 6. The minimum Gasteiger partial charge on any atom is -0.355 e. The average Bonchev–Trinajstić information content (AvgIpc) is 3.38. The number of aromatic nitrogens is 3. The number of para-hydroxylation sites is 2. The van der Waals surface area contributed by atoms with E-state index in [1.165, 1.54) is 0 Å². The number of nitrogens with one attached hydrogen (secondary N) is 1. The summed E-state index contributed by atoms with van der Waals surface area (Å²) >= 11 is 0. The molecule has 6 heteroatoms. The van der Waals surface area contributed by atoms with Crippen LogP contribution in [0.5, 0.6) is 0 Å². The highest BCUT2D eigenvalue weighted by Crippen LogP contribution is 2.59. The van der Waals surface area contributed by atoms with Crippen LogP contribution in [0.1, 0.15) is 36.5 Å². The summed E-state index contributed by atoms with van der Waals surface area (Å²) < 4.78 is 2.12. The van der Waals surface area contributed by atoms with Crippen molar-refractivity contribution in [3.8, 4) is 0 Å². The molecule has 1 saturated carbocycles.